The Morgan fingerprint density at radius 3 is 2.68 bits per heavy atom. The van der Waals surface area contributed by atoms with Gasteiger partial charge in [0.15, 0.2) is 0 Å². The lowest BCUT2D eigenvalue weighted by atomic mass is 10.3. The van der Waals surface area contributed by atoms with Crippen LogP contribution in [0.3, 0.4) is 0 Å². The van der Waals surface area contributed by atoms with E-state index in [0.29, 0.717) is 18.0 Å². The van der Waals surface area contributed by atoms with Crippen molar-refractivity contribution in [3.05, 3.63) is 24.3 Å². The molecule has 0 radical (unpaired) electrons. The lowest BCUT2D eigenvalue weighted by Crippen LogP contribution is -2.33. The van der Waals surface area contributed by atoms with Crippen LogP contribution < -0.4 is 10.1 Å². The van der Waals surface area contributed by atoms with Crippen LogP contribution in [-0.2, 0) is 4.79 Å². The quantitative estimate of drug-likeness (QED) is 0.825. The smallest absolute Gasteiger partial charge is 0.321 e. The van der Waals surface area contributed by atoms with Crippen molar-refractivity contribution in [2.24, 2.45) is 0 Å². The Balaban J connectivity index is 2.63. The van der Waals surface area contributed by atoms with Crippen molar-refractivity contribution < 1.29 is 19.4 Å². The van der Waals surface area contributed by atoms with Crippen LogP contribution in [0.4, 0.5) is 10.5 Å². The summed E-state index contributed by atoms with van der Waals surface area (Å²) in [5.41, 5.74) is 0.566. The number of carbonyl (C=O) groups excluding carboxylic acids is 1. The Hall–Kier alpha value is -2.24. The average molecular weight is 266 g/mol. The molecule has 6 heteroatoms. The zero-order valence-electron chi connectivity index (χ0n) is 11.0. The maximum Gasteiger partial charge on any atom is 0.321 e. The number of hydrogen-bond donors (Lipinski definition) is 2. The molecule has 0 aliphatic carbocycles. The molecule has 0 saturated heterocycles. The minimum Gasteiger partial charge on any atom is -0.492 e. The summed E-state index contributed by atoms with van der Waals surface area (Å²) in [6, 6.07) is 6.72. The predicted molar refractivity (Wildman–Crippen MR) is 71.5 cm³/mol. The van der Waals surface area contributed by atoms with Crippen molar-refractivity contribution in [1.29, 1.82) is 0 Å². The molecule has 1 aromatic rings. The zero-order chi connectivity index (χ0) is 14.3. The van der Waals surface area contributed by atoms with Gasteiger partial charge in [-0.3, -0.25) is 4.79 Å². The fourth-order valence-electron chi connectivity index (χ4n) is 1.43. The number of urea groups is 1. The van der Waals surface area contributed by atoms with Gasteiger partial charge in [-0.2, -0.15) is 0 Å². The molecule has 0 saturated carbocycles. The minimum atomic E-state index is -0.936. The molecule has 0 unspecified atom stereocenters. The molecule has 0 atom stereocenters. The third kappa shape index (κ3) is 4.87. The maximum atomic E-state index is 11.8. The summed E-state index contributed by atoms with van der Waals surface area (Å²) in [4.78, 5) is 23.6. The van der Waals surface area contributed by atoms with Crippen molar-refractivity contribution in [2.45, 2.75) is 13.3 Å². The summed E-state index contributed by atoms with van der Waals surface area (Å²) in [6.45, 7) is 2.51. The Labute approximate surface area is 112 Å². The van der Waals surface area contributed by atoms with Crippen LogP contribution >= 0.6 is 0 Å². The lowest BCUT2D eigenvalue weighted by Gasteiger charge is -2.18. The molecule has 0 aromatic heterocycles. The van der Waals surface area contributed by atoms with E-state index in [1.165, 1.54) is 4.90 Å². The molecule has 104 valence electrons. The fourth-order valence-corrected chi connectivity index (χ4v) is 1.43. The van der Waals surface area contributed by atoms with Crippen molar-refractivity contribution in [3.8, 4) is 5.75 Å². The van der Waals surface area contributed by atoms with Crippen molar-refractivity contribution in [3.63, 3.8) is 0 Å². The Morgan fingerprint density at radius 2 is 2.05 bits per heavy atom. The van der Waals surface area contributed by atoms with Crippen molar-refractivity contribution in [1.82, 2.24) is 4.90 Å². The molecular formula is C13H18N2O4. The monoisotopic (exact) mass is 266 g/mol. The summed E-state index contributed by atoms with van der Waals surface area (Å²) in [7, 11) is 1.54. The van der Waals surface area contributed by atoms with Crippen LogP contribution in [0.15, 0.2) is 24.3 Å². The summed E-state index contributed by atoms with van der Waals surface area (Å²) in [5, 5.41) is 11.3. The molecule has 0 bridgehead atoms. The van der Waals surface area contributed by atoms with Crippen LogP contribution in [0.1, 0.15) is 13.3 Å². The van der Waals surface area contributed by atoms with Crippen molar-refractivity contribution in [2.75, 3.05) is 25.5 Å². The Morgan fingerprint density at radius 1 is 1.37 bits per heavy atom. The first kappa shape index (κ1) is 14.8. The van der Waals surface area contributed by atoms with Gasteiger partial charge in [0.1, 0.15) is 5.75 Å². The molecule has 0 aliphatic rings. The van der Waals surface area contributed by atoms with Gasteiger partial charge in [-0.05, 0) is 19.1 Å². The Bertz CT molecular complexity index is 448. The second kappa shape index (κ2) is 7.25. The van der Waals surface area contributed by atoms with Gasteiger partial charge in [-0.25, -0.2) is 4.79 Å². The number of anilines is 1. The van der Waals surface area contributed by atoms with Gasteiger partial charge >= 0.3 is 12.0 Å². The highest BCUT2D eigenvalue weighted by atomic mass is 16.5. The van der Waals surface area contributed by atoms with Gasteiger partial charge < -0.3 is 20.1 Å². The predicted octanol–water partition coefficient (Wildman–Crippen LogP) is 2.02. The number of carbonyl (C=O) groups is 2. The highest BCUT2D eigenvalue weighted by Gasteiger charge is 2.12. The molecule has 0 fully saturated rings. The largest absolute Gasteiger partial charge is 0.492 e. The number of hydrogen-bond acceptors (Lipinski definition) is 3. The van der Waals surface area contributed by atoms with E-state index in [9.17, 15) is 9.59 Å². The normalized spacial score (nSPS) is 9.79. The molecule has 19 heavy (non-hydrogen) atoms. The summed E-state index contributed by atoms with van der Waals surface area (Å²) < 4.78 is 5.39. The van der Waals surface area contributed by atoms with Crippen LogP contribution in [0.25, 0.3) is 0 Å². The third-order valence-corrected chi connectivity index (χ3v) is 2.44. The van der Waals surface area contributed by atoms with Crippen LogP contribution in [-0.4, -0.2) is 42.2 Å². The topological polar surface area (TPSA) is 78.9 Å². The number of ether oxygens (including phenoxy) is 1. The number of nitrogens with zero attached hydrogens (tertiary/aromatic N) is 1. The first-order valence-corrected chi connectivity index (χ1v) is 6.00. The molecule has 2 N–H and O–H groups in total. The van der Waals surface area contributed by atoms with E-state index in [2.05, 4.69) is 5.32 Å². The van der Waals surface area contributed by atoms with E-state index in [0.717, 1.165) is 0 Å². The van der Waals surface area contributed by atoms with Gasteiger partial charge in [0.2, 0.25) is 0 Å². The summed E-state index contributed by atoms with van der Waals surface area (Å²) in [5.74, 6) is -0.348. The number of aliphatic carboxylic acids is 1. The van der Waals surface area contributed by atoms with Gasteiger partial charge in [-0.15, -0.1) is 0 Å². The number of rotatable bonds is 6. The summed E-state index contributed by atoms with van der Waals surface area (Å²) in [6.07, 6.45) is -0.0863. The molecule has 0 aliphatic heterocycles. The van der Waals surface area contributed by atoms with E-state index in [1.807, 2.05) is 13.0 Å². The molecule has 2 amide bonds. The zero-order valence-corrected chi connectivity index (χ0v) is 11.0. The molecule has 1 rings (SSSR count). The standard InChI is InChI=1S/C13H18N2O4/c1-3-19-11-7-5-4-6-10(11)14-13(18)15(2)9-8-12(16)17/h4-7H,3,8-9H2,1-2H3,(H,14,18)(H,16,17). The number of carboxylic acid groups (broad SMARTS) is 1. The summed E-state index contributed by atoms with van der Waals surface area (Å²) >= 11 is 0. The molecule has 6 nitrogen and oxygen atoms in total. The first-order chi connectivity index (χ1) is 9.04. The molecule has 0 spiro atoms. The van der Waals surface area contributed by atoms with E-state index < -0.39 is 5.97 Å². The first-order valence-electron chi connectivity index (χ1n) is 6.00. The fraction of sp³-hybridized carbons (Fsp3) is 0.385. The van der Waals surface area contributed by atoms with Gasteiger partial charge in [0.25, 0.3) is 0 Å². The maximum absolute atomic E-state index is 11.8. The van der Waals surface area contributed by atoms with Gasteiger partial charge in [-0.1, -0.05) is 12.1 Å². The molecular weight excluding hydrogens is 248 g/mol. The third-order valence-electron chi connectivity index (χ3n) is 2.44. The highest BCUT2D eigenvalue weighted by Crippen LogP contribution is 2.23. The lowest BCUT2D eigenvalue weighted by molar-refractivity contribution is -0.137. The second-order valence-corrected chi connectivity index (χ2v) is 3.92. The number of para-hydroxylation sites is 2. The van der Waals surface area contributed by atoms with Crippen LogP contribution in [0, 0.1) is 0 Å². The number of benzene rings is 1. The van der Waals surface area contributed by atoms with E-state index in [-0.39, 0.29) is 19.0 Å². The van der Waals surface area contributed by atoms with E-state index in [4.69, 9.17) is 9.84 Å². The number of nitrogens with one attached hydrogen (secondary N) is 1. The number of carboxylic acids is 1. The number of amides is 2. The van der Waals surface area contributed by atoms with E-state index >= 15 is 0 Å². The SMILES string of the molecule is CCOc1ccccc1NC(=O)N(C)CCC(=O)O. The molecule has 0 heterocycles. The molecule has 1 aromatic carbocycles. The highest BCUT2D eigenvalue weighted by molar-refractivity contribution is 5.91. The minimum absolute atomic E-state index is 0.0863. The average Bonchev–Trinajstić information content (AvgIpc) is 2.38. The van der Waals surface area contributed by atoms with Crippen LogP contribution in [0.2, 0.25) is 0 Å². The van der Waals surface area contributed by atoms with Gasteiger partial charge in [0.05, 0.1) is 18.7 Å². The van der Waals surface area contributed by atoms with Crippen LogP contribution in [0.5, 0.6) is 5.75 Å². The Kier molecular flexibility index (Phi) is 5.66. The second-order valence-electron chi connectivity index (χ2n) is 3.92. The van der Waals surface area contributed by atoms with E-state index in [1.54, 1.807) is 25.2 Å². The van der Waals surface area contributed by atoms with Gasteiger partial charge in [0, 0.05) is 13.6 Å². The van der Waals surface area contributed by atoms with Crippen molar-refractivity contribution >= 4 is 17.7 Å².